The SMILES string of the molecule is O=C1O[C@H](C(=O)NC2CCCCC2)Cc2ccc(Cl)cc21. The number of nitrogens with one attached hydrogen (secondary N) is 1. The average Bonchev–Trinajstić information content (AvgIpc) is 2.49. The zero-order valence-corrected chi connectivity index (χ0v) is 12.5. The fourth-order valence-corrected chi connectivity index (χ4v) is 3.21. The van der Waals surface area contributed by atoms with Gasteiger partial charge in [0.15, 0.2) is 6.10 Å². The standard InChI is InChI=1S/C16H18ClNO3/c17-11-7-6-10-8-14(21-16(20)13(10)9-11)15(19)18-12-4-2-1-3-5-12/h6-7,9,12,14H,1-5,8H2,(H,18,19)/t14-/m0/s1. The van der Waals surface area contributed by atoms with E-state index in [-0.39, 0.29) is 11.9 Å². The summed E-state index contributed by atoms with van der Waals surface area (Å²) in [6.45, 7) is 0. The molecule has 1 amide bonds. The van der Waals surface area contributed by atoms with E-state index in [1.54, 1.807) is 18.2 Å². The molecule has 1 fully saturated rings. The molecule has 1 aliphatic heterocycles. The van der Waals surface area contributed by atoms with Crippen LogP contribution < -0.4 is 5.32 Å². The smallest absolute Gasteiger partial charge is 0.339 e. The van der Waals surface area contributed by atoms with E-state index in [4.69, 9.17) is 16.3 Å². The highest BCUT2D eigenvalue weighted by molar-refractivity contribution is 6.31. The van der Waals surface area contributed by atoms with Crippen LogP contribution in [0.4, 0.5) is 0 Å². The van der Waals surface area contributed by atoms with Gasteiger partial charge in [-0.1, -0.05) is 36.9 Å². The zero-order valence-electron chi connectivity index (χ0n) is 11.7. The van der Waals surface area contributed by atoms with Crippen LogP contribution in [0.15, 0.2) is 18.2 Å². The minimum absolute atomic E-state index is 0.184. The summed E-state index contributed by atoms with van der Waals surface area (Å²) in [7, 11) is 0. The van der Waals surface area contributed by atoms with Crippen molar-refractivity contribution < 1.29 is 14.3 Å². The molecule has 3 rings (SSSR count). The van der Waals surface area contributed by atoms with Crippen molar-refractivity contribution in [3.05, 3.63) is 34.3 Å². The Hall–Kier alpha value is -1.55. The third-order valence-corrected chi connectivity index (χ3v) is 4.43. The van der Waals surface area contributed by atoms with Gasteiger partial charge in [0.05, 0.1) is 5.56 Å². The quantitative estimate of drug-likeness (QED) is 0.855. The lowest BCUT2D eigenvalue weighted by Crippen LogP contribution is -2.46. The molecule has 0 radical (unpaired) electrons. The van der Waals surface area contributed by atoms with Crippen molar-refractivity contribution in [2.24, 2.45) is 0 Å². The summed E-state index contributed by atoms with van der Waals surface area (Å²) in [6, 6.07) is 5.33. The van der Waals surface area contributed by atoms with Crippen LogP contribution in [-0.4, -0.2) is 24.0 Å². The normalized spacial score (nSPS) is 22.3. The second-order valence-corrected chi connectivity index (χ2v) is 6.18. The van der Waals surface area contributed by atoms with Crippen molar-refractivity contribution in [1.82, 2.24) is 5.32 Å². The Kier molecular flexibility index (Phi) is 4.15. The van der Waals surface area contributed by atoms with E-state index in [1.165, 1.54) is 6.42 Å². The molecule has 0 unspecified atom stereocenters. The van der Waals surface area contributed by atoms with Gasteiger partial charge in [-0.25, -0.2) is 4.79 Å². The Labute approximate surface area is 128 Å². The highest BCUT2D eigenvalue weighted by atomic mass is 35.5. The lowest BCUT2D eigenvalue weighted by molar-refractivity contribution is -0.131. The number of amides is 1. The summed E-state index contributed by atoms with van der Waals surface area (Å²) in [5, 5.41) is 3.51. The number of esters is 1. The molecule has 0 spiro atoms. The predicted octanol–water partition coefficient (Wildman–Crippen LogP) is 2.87. The number of halogens is 1. The number of hydrogen-bond acceptors (Lipinski definition) is 3. The first kappa shape index (κ1) is 14.4. The number of fused-ring (bicyclic) bond motifs is 1. The van der Waals surface area contributed by atoms with Crippen LogP contribution >= 0.6 is 11.6 Å². The molecule has 112 valence electrons. The van der Waals surface area contributed by atoms with Crippen LogP contribution in [0.25, 0.3) is 0 Å². The Morgan fingerprint density at radius 2 is 2.00 bits per heavy atom. The van der Waals surface area contributed by atoms with Crippen molar-refractivity contribution in [1.29, 1.82) is 0 Å². The molecule has 0 aromatic heterocycles. The number of hydrogen-bond donors (Lipinski definition) is 1. The molecule has 1 aromatic rings. The molecule has 0 saturated heterocycles. The first-order valence-electron chi connectivity index (χ1n) is 7.43. The fourth-order valence-electron chi connectivity index (χ4n) is 3.04. The van der Waals surface area contributed by atoms with E-state index < -0.39 is 12.1 Å². The van der Waals surface area contributed by atoms with E-state index >= 15 is 0 Å². The van der Waals surface area contributed by atoms with Crippen LogP contribution in [0.2, 0.25) is 5.02 Å². The van der Waals surface area contributed by atoms with Gasteiger partial charge in [0.2, 0.25) is 0 Å². The molecule has 1 heterocycles. The summed E-state index contributed by atoms with van der Waals surface area (Å²) < 4.78 is 5.26. The van der Waals surface area contributed by atoms with Gasteiger partial charge >= 0.3 is 5.97 Å². The molecule has 0 bridgehead atoms. The summed E-state index contributed by atoms with van der Waals surface area (Å²) in [5.74, 6) is -0.654. The maximum absolute atomic E-state index is 12.3. The van der Waals surface area contributed by atoms with E-state index in [0.717, 1.165) is 31.2 Å². The van der Waals surface area contributed by atoms with Crippen LogP contribution in [-0.2, 0) is 16.0 Å². The number of cyclic esters (lactones) is 1. The first-order chi connectivity index (χ1) is 10.1. The molecule has 1 atom stereocenters. The van der Waals surface area contributed by atoms with Gasteiger partial charge in [-0.2, -0.15) is 0 Å². The van der Waals surface area contributed by atoms with Crippen LogP contribution in [0.3, 0.4) is 0 Å². The zero-order chi connectivity index (χ0) is 14.8. The van der Waals surface area contributed by atoms with Crippen LogP contribution in [0.1, 0.15) is 48.0 Å². The summed E-state index contributed by atoms with van der Waals surface area (Å²) in [5.41, 5.74) is 1.28. The van der Waals surface area contributed by atoms with E-state index in [9.17, 15) is 9.59 Å². The maximum Gasteiger partial charge on any atom is 0.339 e. The van der Waals surface area contributed by atoms with Crippen molar-refractivity contribution in [3.63, 3.8) is 0 Å². The van der Waals surface area contributed by atoms with Gasteiger partial charge in [0, 0.05) is 17.5 Å². The number of carbonyl (C=O) groups is 2. The third kappa shape index (κ3) is 3.21. The molecule has 1 aliphatic carbocycles. The van der Waals surface area contributed by atoms with Gasteiger partial charge in [-0.05, 0) is 30.5 Å². The molecular formula is C16H18ClNO3. The fraction of sp³-hybridized carbons (Fsp3) is 0.500. The highest BCUT2D eigenvalue weighted by Crippen LogP contribution is 2.25. The molecular weight excluding hydrogens is 290 g/mol. The monoisotopic (exact) mass is 307 g/mol. The summed E-state index contributed by atoms with van der Waals surface area (Å²) in [4.78, 5) is 24.3. The molecule has 21 heavy (non-hydrogen) atoms. The largest absolute Gasteiger partial charge is 0.448 e. The number of rotatable bonds is 2. The minimum atomic E-state index is -0.729. The molecule has 5 heteroatoms. The van der Waals surface area contributed by atoms with E-state index in [2.05, 4.69) is 5.32 Å². The number of carbonyl (C=O) groups excluding carboxylic acids is 2. The predicted molar refractivity (Wildman–Crippen MR) is 79.4 cm³/mol. The number of benzene rings is 1. The second kappa shape index (κ2) is 6.06. The lowest BCUT2D eigenvalue weighted by Gasteiger charge is -2.28. The topological polar surface area (TPSA) is 55.4 Å². The Bertz CT molecular complexity index is 567. The first-order valence-corrected chi connectivity index (χ1v) is 7.81. The molecule has 1 aromatic carbocycles. The van der Waals surface area contributed by atoms with Crippen molar-refractivity contribution in [2.45, 2.75) is 50.7 Å². The van der Waals surface area contributed by atoms with E-state index in [0.29, 0.717) is 17.0 Å². The van der Waals surface area contributed by atoms with Crippen molar-refractivity contribution in [2.75, 3.05) is 0 Å². The van der Waals surface area contributed by atoms with E-state index in [1.807, 2.05) is 0 Å². The lowest BCUT2D eigenvalue weighted by atomic mass is 9.94. The van der Waals surface area contributed by atoms with Gasteiger partial charge < -0.3 is 10.1 Å². The molecule has 1 N–H and O–H groups in total. The maximum atomic E-state index is 12.3. The molecule has 2 aliphatic rings. The Balaban J connectivity index is 1.68. The molecule has 1 saturated carbocycles. The summed E-state index contributed by atoms with van der Waals surface area (Å²) in [6.07, 6.45) is 5.24. The van der Waals surface area contributed by atoms with Gasteiger partial charge in [0.25, 0.3) is 5.91 Å². The third-order valence-electron chi connectivity index (χ3n) is 4.19. The Morgan fingerprint density at radius 1 is 1.24 bits per heavy atom. The van der Waals surface area contributed by atoms with Crippen molar-refractivity contribution in [3.8, 4) is 0 Å². The number of ether oxygens (including phenoxy) is 1. The Morgan fingerprint density at radius 3 is 2.76 bits per heavy atom. The second-order valence-electron chi connectivity index (χ2n) is 5.74. The van der Waals surface area contributed by atoms with Crippen LogP contribution in [0, 0.1) is 0 Å². The van der Waals surface area contributed by atoms with Gasteiger partial charge in [0.1, 0.15) is 0 Å². The highest BCUT2D eigenvalue weighted by Gasteiger charge is 2.32. The average molecular weight is 308 g/mol. The van der Waals surface area contributed by atoms with Gasteiger partial charge in [-0.15, -0.1) is 0 Å². The molecule has 4 nitrogen and oxygen atoms in total. The van der Waals surface area contributed by atoms with Crippen molar-refractivity contribution >= 4 is 23.5 Å². The van der Waals surface area contributed by atoms with Gasteiger partial charge in [-0.3, -0.25) is 4.79 Å². The van der Waals surface area contributed by atoms with Crippen LogP contribution in [0.5, 0.6) is 0 Å². The minimum Gasteiger partial charge on any atom is -0.448 e. The summed E-state index contributed by atoms with van der Waals surface area (Å²) >= 11 is 5.88.